The third kappa shape index (κ3) is 3.24. The van der Waals surface area contributed by atoms with Crippen LogP contribution in [0.3, 0.4) is 0 Å². The Morgan fingerprint density at radius 2 is 2.21 bits per heavy atom. The van der Waals surface area contributed by atoms with Crippen molar-refractivity contribution in [1.29, 1.82) is 0 Å². The van der Waals surface area contributed by atoms with Crippen LogP contribution in [0.2, 0.25) is 0 Å². The topological polar surface area (TPSA) is 112 Å². The lowest BCUT2D eigenvalue weighted by Crippen LogP contribution is -2.37. The summed E-state index contributed by atoms with van der Waals surface area (Å²) in [6, 6.07) is 4.71. The molecule has 2 aromatic heterocycles. The summed E-state index contributed by atoms with van der Waals surface area (Å²) in [6.45, 7) is 1.30. The van der Waals surface area contributed by atoms with E-state index < -0.39 is 4.92 Å². The molecule has 3 heterocycles. The number of benzene rings is 1. The molecule has 4 rings (SSSR count). The number of rotatable bonds is 5. The van der Waals surface area contributed by atoms with Crippen LogP contribution in [0.5, 0.6) is 0 Å². The van der Waals surface area contributed by atoms with Crippen LogP contribution in [0.4, 0.5) is 11.4 Å². The van der Waals surface area contributed by atoms with Gasteiger partial charge in [-0.2, -0.15) is 5.10 Å². The maximum absolute atomic E-state index is 12.7. The molecule has 1 aliphatic heterocycles. The summed E-state index contributed by atoms with van der Waals surface area (Å²) >= 11 is 0. The van der Waals surface area contributed by atoms with Crippen molar-refractivity contribution in [2.24, 2.45) is 7.05 Å². The van der Waals surface area contributed by atoms with Crippen molar-refractivity contribution in [2.45, 2.75) is 18.9 Å². The van der Waals surface area contributed by atoms with Gasteiger partial charge in [-0.3, -0.25) is 14.9 Å². The normalized spacial score (nSPS) is 16.9. The van der Waals surface area contributed by atoms with Gasteiger partial charge in [0.05, 0.1) is 11.0 Å². The van der Waals surface area contributed by atoms with Crippen molar-refractivity contribution in [3.63, 3.8) is 0 Å². The van der Waals surface area contributed by atoms with E-state index in [-0.39, 0.29) is 28.9 Å². The highest BCUT2D eigenvalue weighted by Crippen LogP contribution is 2.33. The lowest BCUT2D eigenvalue weighted by Gasteiger charge is -2.33. The van der Waals surface area contributed by atoms with Crippen molar-refractivity contribution >= 4 is 17.2 Å². The van der Waals surface area contributed by atoms with E-state index in [2.05, 4.69) is 15.1 Å². The minimum Gasteiger partial charge on any atom is -0.364 e. The van der Waals surface area contributed by atoms with Gasteiger partial charge < -0.3 is 9.47 Å². The van der Waals surface area contributed by atoms with Gasteiger partial charge in [-0.15, -0.1) is 0 Å². The average Bonchev–Trinajstić information content (AvgIpc) is 3.39. The quantitative estimate of drug-likeness (QED) is 0.377. The summed E-state index contributed by atoms with van der Waals surface area (Å²) in [5, 5.41) is 15.9. The Bertz CT molecular complexity index is 1010. The third-order valence-corrected chi connectivity index (χ3v) is 5.01. The van der Waals surface area contributed by atoms with Crippen LogP contribution in [0.15, 0.2) is 43.2 Å². The van der Waals surface area contributed by atoms with Crippen molar-refractivity contribution in [1.82, 2.24) is 24.3 Å². The predicted octanol–water partition coefficient (Wildman–Crippen LogP) is 1.99. The van der Waals surface area contributed by atoms with Gasteiger partial charge in [-0.05, 0) is 25.0 Å². The first-order valence-corrected chi connectivity index (χ1v) is 8.94. The molecule has 28 heavy (non-hydrogen) atoms. The first kappa shape index (κ1) is 17.8. The van der Waals surface area contributed by atoms with Crippen LogP contribution in [0.25, 0.3) is 0 Å². The van der Waals surface area contributed by atoms with Gasteiger partial charge in [0.25, 0.3) is 5.69 Å². The fourth-order valence-electron chi connectivity index (χ4n) is 3.59. The lowest BCUT2D eigenvalue weighted by molar-refractivity contribution is -0.384. The minimum atomic E-state index is -0.441. The molecule has 0 aliphatic carbocycles. The average molecular weight is 381 g/mol. The smallest absolute Gasteiger partial charge is 0.293 e. The van der Waals surface area contributed by atoms with Gasteiger partial charge in [-0.1, -0.05) is 0 Å². The van der Waals surface area contributed by atoms with Crippen molar-refractivity contribution < 1.29 is 9.72 Å². The molecular weight excluding hydrogens is 362 g/mol. The standard InChI is InChI=1S/C18H19N7O3/c1-22-8-6-20-18(22)17(26)13-4-5-15(16(9-13)25(27)28)23-7-2-3-14(10-23)24-12-19-11-21-24/h4-6,8-9,11-12,14H,2-3,7,10H2,1H3. The molecule has 10 heteroatoms. The van der Waals surface area contributed by atoms with E-state index in [0.717, 1.165) is 12.8 Å². The van der Waals surface area contributed by atoms with Crippen molar-refractivity contribution in [3.05, 3.63) is 64.7 Å². The van der Waals surface area contributed by atoms with Crippen molar-refractivity contribution in [3.8, 4) is 0 Å². The van der Waals surface area contributed by atoms with Gasteiger partial charge in [0, 0.05) is 44.2 Å². The number of aromatic nitrogens is 5. The zero-order valence-corrected chi connectivity index (χ0v) is 15.3. The minimum absolute atomic E-state index is 0.0840. The molecule has 1 atom stereocenters. The monoisotopic (exact) mass is 381 g/mol. The summed E-state index contributed by atoms with van der Waals surface area (Å²) in [6.07, 6.45) is 8.15. The maximum Gasteiger partial charge on any atom is 0.293 e. The fourth-order valence-corrected chi connectivity index (χ4v) is 3.59. The molecule has 1 aliphatic rings. The van der Waals surface area contributed by atoms with Crippen LogP contribution in [-0.4, -0.2) is 48.1 Å². The van der Waals surface area contributed by atoms with Gasteiger partial charge in [0.1, 0.15) is 18.3 Å². The Morgan fingerprint density at radius 3 is 2.89 bits per heavy atom. The van der Waals surface area contributed by atoms with Crippen LogP contribution in [0, 0.1) is 10.1 Å². The van der Waals surface area contributed by atoms with Crippen LogP contribution < -0.4 is 4.90 Å². The number of nitro benzene ring substituents is 1. The number of anilines is 1. The van der Waals surface area contributed by atoms with E-state index >= 15 is 0 Å². The van der Waals surface area contributed by atoms with E-state index in [1.165, 1.54) is 18.6 Å². The number of hydrogen-bond acceptors (Lipinski definition) is 7. The van der Waals surface area contributed by atoms with Crippen molar-refractivity contribution in [2.75, 3.05) is 18.0 Å². The van der Waals surface area contributed by atoms with E-state index in [1.807, 2.05) is 4.90 Å². The molecule has 3 aromatic rings. The fraction of sp³-hybridized carbons (Fsp3) is 0.333. The summed E-state index contributed by atoms with van der Waals surface area (Å²) in [5.41, 5.74) is 0.667. The molecule has 144 valence electrons. The molecule has 0 spiro atoms. The third-order valence-electron chi connectivity index (χ3n) is 5.01. The number of carbonyl (C=O) groups excluding carboxylic acids is 1. The molecule has 0 amide bonds. The largest absolute Gasteiger partial charge is 0.364 e. The first-order chi connectivity index (χ1) is 13.5. The molecule has 1 fully saturated rings. The summed E-state index contributed by atoms with van der Waals surface area (Å²) < 4.78 is 3.38. The van der Waals surface area contributed by atoms with Gasteiger partial charge >= 0.3 is 0 Å². The van der Waals surface area contributed by atoms with E-state index in [4.69, 9.17) is 0 Å². The SMILES string of the molecule is Cn1ccnc1C(=O)c1ccc(N2CCCC(n3cncn3)C2)c([N+](=O)[O-])c1. The van der Waals surface area contributed by atoms with Gasteiger partial charge in [-0.25, -0.2) is 14.6 Å². The number of ketones is 1. The summed E-state index contributed by atoms with van der Waals surface area (Å²) in [7, 11) is 1.71. The molecule has 10 nitrogen and oxygen atoms in total. The molecule has 0 N–H and O–H groups in total. The summed E-state index contributed by atoms with van der Waals surface area (Å²) in [4.78, 5) is 33.9. The highest BCUT2D eigenvalue weighted by Gasteiger charge is 2.28. The highest BCUT2D eigenvalue weighted by molar-refractivity contribution is 6.07. The Hall–Kier alpha value is -3.56. The zero-order valence-electron chi connectivity index (χ0n) is 15.3. The number of hydrogen-bond donors (Lipinski definition) is 0. The van der Waals surface area contributed by atoms with E-state index in [9.17, 15) is 14.9 Å². The Labute approximate surface area is 160 Å². The molecule has 0 saturated carbocycles. The number of carbonyl (C=O) groups is 1. The molecule has 0 bridgehead atoms. The Morgan fingerprint density at radius 1 is 1.36 bits per heavy atom. The number of imidazole rings is 1. The maximum atomic E-state index is 12.7. The second-order valence-corrected chi connectivity index (χ2v) is 6.77. The Balaban J connectivity index is 1.65. The van der Waals surface area contributed by atoms with E-state index in [1.54, 1.807) is 41.0 Å². The molecule has 0 radical (unpaired) electrons. The number of nitrogens with zero attached hydrogens (tertiary/aromatic N) is 7. The molecular formula is C18H19N7O3. The molecule has 1 aromatic carbocycles. The van der Waals surface area contributed by atoms with Crippen LogP contribution >= 0.6 is 0 Å². The van der Waals surface area contributed by atoms with Crippen LogP contribution in [0.1, 0.15) is 35.1 Å². The number of piperidine rings is 1. The highest BCUT2D eigenvalue weighted by atomic mass is 16.6. The Kier molecular flexibility index (Phi) is 4.60. The molecule has 1 unspecified atom stereocenters. The van der Waals surface area contributed by atoms with E-state index in [0.29, 0.717) is 18.8 Å². The molecule has 1 saturated heterocycles. The lowest BCUT2D eigenvalue weighted by atomic mass is 10.0. The van der Waals surface area contributed by atoms with Crippen LogP contribution in [-0.2, 0) is 7.05 Å². The predicted molar refractivity (Wildman–Crippen MR) is 100 cm³/mol. The van der Waals surface area contributed by atoms with Gasteiger partial charge in [0.15, 0.2) is 5.82 Å². The summed E-state index contributed by atoms with van der Waals surface area (Å²) in [5.74, 6) is -0.104. The first-order valence-electron chi connectivity index (χ1n) is 8.94. The number of aryl methyl sites for hydroxylation is 1. The second kappa shape index (κ2) is 7.22. The number of nitro groups is 1. The van der Waals surface area contributed by atoms with Gasteiger partial charge in [0.2, 0.25) is 5.78 Å². The zero-order chi connectivity index (χ0) is 19.7. The second-order valence-electron chi connectivity index (χ2n) is 6.77.